The van der Waals surface area contributed by atoms with Gasteiger partial charge < -0.3 is 5.11 Å². The van der Waals surface area contributed by atoms with Gasteiger partial charge in [0.15, 0.2) is 5.78 Å². The fourth-order valence-corrected chi connectivity index (χ4v) is 2.44. The van der Waals surface area contributed by atoms with Gasteiger partial charge in [0.1, 0.15) is 0 Å². The largest absolute Gasteiger partial charge is 0.385 e. The molecule has 0 aromatic heterocycles. The van der Waals surface area contributed by atoms with Crippen LogP contribution in [0.15, 0.2) is 12.2 Å². The van der Waals surface area contributed by atoms with E-state index in [0.717, 1.165) is 6.42 Å². The van der Waals surface area contributed by atoms with E-state index in [4.69, 9.17) is 0 Å². The van der Waals surface area contributed by atoms with Crippen LogP contribution in [0.5, 0.6) is 0 Å². The van der Waals surface area contributed by atoms with Gasteiger partial charge in [-0.2, -0.15) is 0 Å². The lowest BCUT2D eigenvalue weighted by Crippen LogP contribution is -2.37. The van der Waals surface area contributed by atoms with Gasteiger partial charge in [0.2, 0.25) is 0 Å². The summed E-state index contributed by atoms with van der Waals surface area (Å²) in [4.78, 5) is 11.1. The van der Waals surface area contributed by atoms with Crippen LogP contribution in [0.1, 0.15) is 65.2 Å². The third-order valence-corrected chi connectivity index (χ3v) is 3.92. The molecule has 0 amide bonds. The maximum Gasteiger partial charge on any atom is 0.155 e. The van der Waals surface area contributed by atoms with Gasteiger partial charge in [-0.05, 0) is 30.9 Å². The zero-order chi connectivity index (χ0) is 12.7. The fraction of sp³-hybridized carbons (Fsp3) is 0.800. The molecule has 2 unspecified atom stereocenters. The second-order valence-corrected chi connectivity index (χ2v) is 5.39. The lowest BCUT2D eigenvalue weighted by atomic mass is 9.78. The minimum atomic E-state index is -0.737. The molecule has 1 N–H and O–H groups in total. The van der Waals surface area contributed by atoms with Crippen LogP contribution in [-0.4, -0.2) is 16.5 Å². The van der Waals surface area contributed by atoms with Crippen molar-refractivity contribution >= 4 is 5.78 Å². The van der Waals surface area contributed by atoms with Crippen LogP contribution in [-0.2, 0) is 4.79 Å². The first kappa shape index (κ1) is 14.4. The molecular weight excluding hydrogens is 212 g/mol. The van der Waals surface area contributed by atoms with Crippen LogP contribution in [0.3, 0.4) is 0 Å². The summed E-state index contributed by atoms with van der Waals surface area (Å²) >= 11 is 0. The molecule has 1 rings (SSSR count). The number of allylic oxidation sites excluding steroid dienone is 1. The van der Waals surface area contributed by atoms with Crippen molar-refractivity contribution in [1.29, 1.82) is 0 Å². The van der Waals surface area contributed by atoms with Crippen molar-refractivity contribution in [2.24, 2.45) is 5.92 Å². The van der Waals surface area contributed by atoms with Crippen LogP contribution in [0.4, 0.5) is 0 Å². The second kappa shape index (κ2) is 6.95. The molecular formula is C15H26O2. The summed E-state index contributed by atoms with van der Waals surface area (Å²) < 4.78 is 0. The van der Waals surface area contributed by atoms with E-state index in [1.807, 2.05) is 0 Å². The number of ketones is 1. The van der Waals surface area contributed by atoms with Crippen molar-refractivity contribution in [2.75, 3.05) is 0 Å². The summed E-state index contributed by atoms with van der Waals surface area (Å²) in [6.07, 6.45) is 11.7. The first-order chi connectivity index (χ1) is 8.08. The van der Waals surface area contributed by atoms with Gasteiger partial charge >= 0.3 is 0 Å². The number of carbonyl (C=O) groups is 1. The lowest BCUT2D eigenvalue weighted by molar-refractivity contribution is -0.117. The van der Waals surface area contributed by atoms with E-state index < -0.39 is 5.60 Å². The maximum absolute atomic E-state index is 11.1. The van der Waals surface area contributed by atoms with Gasteiger partial charge in [-0.1, -0.05) is 46.0 Å². The third-order valence-electron chi connectivity index (χ3n) is 3.92. The van der Waals surface area contributed by atoms with E-state index in [2.05, 4.69) is 13.8 Å². The van der Waals surface area contributed by atoms with E-state index in [1.54, 1.807) is 12.2 Å². The monoisotopic (exact) mass is 238 g/mol. The summed E-state index contributed by atoms with van der Waals surface area (Å²) in [5.74, 6) is 0.401. The van der Waals surface area contributed by atoms with Crippen molar-refractivity contribution in [3.63, 3.8) is 0 Å². The highest BCUT2D eigenvalue weighted by Crippen LogP contribution is 2.31. The molecule has 0 heterocycles. The molecule has 2 nitrogen and oxygen atoms in total. The van der Waals surface area contributed by atoms with Crippen molar-refractivity contribution in [2.45, 2.75) is 70.8 Å². The van der Waals surface area contributed by atoms with Gasteiger partial charge in [-0.15, -0.1) is 0 Å². The highest BCUT2D eigenvalue weighted by Gasteiger charge is 2.33. The normalized spacial score (nSPS) is 26.2. The van der Waals surface area contributed by atoms with E-state index in [-0.39, 0.29) is 11.7 Å². The van der Waals surface area contributed by atoms with Crippen LogP contribution < -0.4 is 0 Å². The molecule has 0 spiro atoms. The number of aliphatic hydroxyl groups is 1. The first-order valence-electron chi connectivity index (χ1n) is 7.03. The van der Waals surface area contributed by atoms with Crippen LogP contribution in [0.25, 0.3) is 0 Å². The van der Waals surface area contributed by atoms with Gasteiger partial charge in [0.05, 0.1) is 5.60 Å². The van der Waals surface area contributed by atoms with Crippen molar-refractivity contribution < 1.29 is 9.90 Å². The molecule has 0 aromatic carbocycles. The Morgan fingerprint density at radius 1 is 1.35 bits per heavy atom. The van der Waals surface area contributed by atoms with E-state index in [0.29, 0.717) is 12.8 Å². The van der Waals surface area contributed by atoms with Crippen LogP contribution >= 0.6 is 0 Å². The Bertz CT molecular complexity index is 270. The summed E-state index contributed by atoms with van der Waals surface area (Å²) in [6.45, 7) is 4.31. The minimum absolute atomic E-state index is 0.143. The molecule has 0 aliphatic heterocycles. The average molecular weight is 238 g/mol. The van der Waals surface area contributed by atoms with Gasteiger partial charge in [0, 0.05) is 6.42 Å². The maximum atomic E-state index is 11.1. The molecule has 1 aliphatic carbocycles. The van der Waals surface area contributed by atoms with Crippen LogP contribution in [0, 0.1) is 5.92 Å². The molecule has 0 aromatic rings. The standard InChI is InChI=1S/C15H26O2/c1-3-4-5-6-7-8-13(2)15(17)11-9-14(16)10-12-15/h9,11,13,17H,3-8,10,12H2,1-2H3. The Morgan fingerprint density at radius 2 is 2.06 bits per heavy atom. The zero-order valence-corrected chi connectivity index (χ0v) is 11.2. The first-order valence-corrected chi connectivity index (χ1v) is 7.03. The van der Waals surface area contributed by atoms with Crippen molar-refractivity contribution in [3.8, 4) is 0 Å². The SMILES string of the molecule is CCCCCCCC(C)C1(O)C=CC(=O)CC1. The Balaban J connectivity index is 2.29. The molecule has 98 valence electrons. The lowest BCUT2D eigenvalue weighted by Gasteiger charge is -2.33. The molecule has 2 atom stereocenters. The zero-order valence-electron chi connectivity index (χ0n) is 11.2. The fourth-order valence-electron chi connectivity index (χ4n) is 2.44. The smallest absolute Gasteiger partial charge is 0.155 e. The Hall–Kier alpha value is -0.630. The van der Waals surface area contributed by atoms with E-state index in [9.17, 15) is 9.90 Å². The van der Waals surface area contributed by atoms with Gasteiger partial charge in [-0.3, -0.25) is 4.79 Å². The molecule has 0 bridgehead atoms. The van der Waals surface area contributed by atoms with Gasteiger partial charge in [-0.25, -0.2) is 0 Å². The Morgan fingerprint density at radius 3 is 2.65 bits per heavy atom. The quantitative estimate of drug-likeness (QED) is 0.688. The van der Waals surface area contributed by atoms with E-state index >= 15 is 0 Å². The van der Waals surface area contributed by atoms with Crippen molar-refractivity contribution in [1.82, 2.24) is 0 Å². The predicted molar refractivity (Wildman–Crippen MR) is 70.9 cm³/mol. The summed E-state index contributed by atoms with van der Waals surface area (Å²) in [5.41, 5.74) is -0.737. The molecule has 0 fully saturated rings. The summed E-state index contributed by atoms with van der Waals surface area (Å²) in [5, 5.41) is 10.4. The van der Waals surface area contributed by atoms with E-state index in [1.165, 1.54) is 32.1 Å². The molecule has 0 radical (unpaired) electrons. The topological polar surface area (TPSA) is 37.3 Å². The highest BCUT2D eigenvalue weighted by molar-refractivity contribution is 5.90. The molecule has 1 aliphatic rings. The number of hydrogen-bond acceptors (Lipinski definition) is 2. The number of carbonyl (C=O) groups excluding carboxylic acids is 1. The summed E-state index contributed by atoms with van der Waals surface area (Å²) in [6, 6.07) is 0. The number of hydrogen-bond donors (Lipinski definition) is 1. The highest BCUT2D eigenvalue weighted by atomic mass is 16.3. The minimum Gasteiger partial charge on any atom is -0.385 e. The Labute approximate surface area is 105 Å². The molecule has 0 saturated heterocycles. The Kier molecular flexibility index (Phi) is 5.90. The molecule has 0 saturated carbocycles. The second-order valence-electron chi connectivity index (χ2n) is 5.39. The predicted octanol–water partition coefficient (Wildman–Crippen LogP) is 3.63. The molecule has 17 heavy (non-hydrogen) atoms. The molecule has 2 heteroatoms. The summed E-state index contributed by atoms with van der Waals surface area (Å²) in [7, 11) is 0. The van der Waals surface area contributed by atoms with Crippen LogP contribution in [0.2, 0.25) is 0 Å². The van der Waals surface area contributed by atoms with Gasteiger partial charge in [0.25, 0.3) is 0 Å². The average Bonchev–Trinajstić information content (AvgIpc) is 2.32. The number of unbranched alkanes of at least 4 members (excludes halogenated alkanes) is 4. The third kappa shape index (κ3) is 4.63. The number of rotatable bonds is 7. The van der Waals surface area contributed by atoms with Crippen molar-refractivity contribution in [3.05, 3.63) is 12.2 Å².